The highest BCUT2D eigenvalue weighted by atomic mass is 16.5. The fourth-order valence-electron chi connectivity index (χ4n) is 4.25. The topological polar surface area (TPSA) is 80.0 Å². The maximum atomic E-state index is 13.1. The fraction of sp³-hybridized carbons (Fsp3) is 0.103. The van der Waals surface area contributed by atoms with Crippen LogP contribution in [-0.2, 0) is 16.2 Å². The molecule has 1 amide bonds. The summed E-state index contributed by atoms with van der Waals surface area (Å²) in [6.45, 7) is 2.28. The van der Waals surface area contributed by atoms with Crippen LogP contribution in [0, 0.1) is 6.92 Å². The number of ketones is 1. The highest BCUT2D eigenvalue weighted by Gasteiger charge is 2.48. The van der Waals surface area contributed by atoms with Crippen molar-refractivity contribution in [3.8, 4) is 5.75 Å². The van der Waals surface area contributed by atoms with Crippen molar-refractivity contribution >= 4 is 23.1 Å². The van der Waals surface area contributed by atoms with Gasteiger partial charge in [-0.2, -0.15) is 0 Å². The number of nitrogens with zero attached hydrogens (tertiary/aromatic N) is 1. The zero-order valence-corrected chi connectivity index (χ0v) is 19.0. The van der Waals surface area contributed by atoms with E-state index in [0.29, 0.717) is 29.4 Å². The van der Waals surface area contributed by atoms with Gasteiger partial charge in [-0.1, -0.05) is 48.5 Å². The van der Waals surface area contributed by atoms with Gasteiger partial charge in [0.1, 0.15) is 29.9 Å². The maximum absolute atomic E-state index is 13.1. The van der Waals surface area contributed by atoms with Crippen LogP contribution >= 0.6 is 0 Å². The second-order valence-electron chi connectivity index (χ2n) is 8.27. The van der Waals surface area contributed by atoms with Crippen LogP contribution in [0.1, 0.15) is 28.5 Å². The number of hydrogen-bond acceptors (Lipinski definition) is 5. The first kappa shape index (κ1) is 22.2. The molecule has 35 heavy (non-hydrogen) atoms. The Morgan fingerprint density at radius 3 is 2.31 bits per heavy atom. The summed E-state index contributed by atoms with van der Waals surface area (Å²) in [5, 5.41) is 11.3. The Morgan fingerprint density at radius 2 is 1.66 bits per heavy atom. The molecule has 174 valence electrons. The van der Waals surface area contributed by atoms with Crippen molar-refractivity contribution in [1.29, 1.82) is 0 Å². The molecule has 1 aromatic heterocycles. The molecule has 1 unspecified atom stereocenters. The molecule has 1 aliphatic rings. The summed E-state index contributed by atoms with van der Waals surface area (Å²) in [7, 11) is 0. The normalized spacial score (nSPS) is 17.1. The van der Waals surface area contributed by atoms with E-state index in [9.17, 15) is 14.7 Å². The molecule has 0 aliphatic carbocycles. The fourth-order valence-corrected chi connectivity index (χ4v) is 4.25. The SMILES string of the molecule is Cc1cc(/C(O)=C2/C(=O)C(=O)N(c3ccccc3)C2c2ccco2)ccc1OCc1ccccc1. The van der Waals surface area contributed by atoms with Gasteiger partial charge in [-0.05, 0) is 60.5 Å². The summed E-state index contributed by atoms with van der Waals surface area (Å²) in [4.78, 5) is 27.6. The number of furan rings is 1. The molecule has 6 heteroatoms. The van der Waals surface area contributed by atoms with Gasteiger partial charge >= 0.3 is 0 Å². The minimum absolute atomic E-state index is 0.0221. The Labute approximate surface area is 202 Å². The van der Waals surface area contributed by atoms with Crippen LogP contribution in [0.3, 0.4) is 0 Å². The minimum Gasteiger partial charge on any atom is -0.507 e. The number of anilines is 1. The average Bonchev–Trinajstić information content (AvgIpc) is 3.51. The molecule has 4 aromatic rings. The third kappa shape index (κ3) is 4.22. The Hall–Kier alpha value is -4.58. The molecule has 1 N–H and O–H groups in total. The zero-order valence-electron chi connectivity index (χ0n) is 19.0. The molecule has 1 atom stereocenters. The van der Waals surface area contributed by atoms with Crippen LogP contribution in [0.15, 0.2) is 107 Å². The largest absolute Gasteiger partial charge is 0.507 e. The van der Waals surface area contributed by atoms with Crippen molar-refractivity contribution in [3.63, 3.8) is 0 Å². The number of Topliss-reactive ketones (excluding diaryl/α,β-unsaturated/α-hetero) is 1. The number of hydrogen-bond donors (Lipinski definition) is 1. The number of amides is 1. The lowest BCUT2D eigenvalue weighted by atomic mass is 9.98. The van der Waals surface area contributed by atoms with Crippen LogP contribution < -0.4 is 9.64 Å². The van der Waals surface area contributed by atoms with E-state index < -0.39 is 17.7 Å². The van der Waals surface area contributed by atoms with E-state index in [1.807, 2.05) is 43.3 Å². The van der Waals surface area contributed by atoms with Gasteiger partial charge in [-0.25, -0.2) is 0 Å². The smallest absolute Gasteiger partial charge is 0.300 e. The molecule has 1 fully saturated rings. The molecular weight excluding hydrogens is 442 g/mol. The van der Waals surface area contributed by atoms with Crippen LogP contribution in [0.4, 0.5) is 5.69 Å². The molecule has 5 rings (SSSR count). The molecular formula is C29H23NO5. The van der Waals surface area contributed by atoms with Crippen molar-refractivity contribution in [3.05, 3.63) is 125 Å². The first-order chi connectivity index (χ1) is 17.0. The van der Waals surface area contributed by atoms with Gasteiger partial charge in [-0.15, -0.1) is 0 Å². The molecule has 6 nitrogen and oxygen atoms in total. The van der Waals surface area contributed by atoms with E-state index >= 15 is 0 Å². The summed E-state index contributed by atoms with van der Waals surface area (Å²) >= 11 is 0. The Kier molecular flexibility index (Phi) is 5.94. The van der Waals surface area contributed by atoms with Crippen LogP contribution in [0.5, 0.6) is 5.75 Å². The summed E-state index contributed by atoms with van der Waals surface area (Å²) in [5.74, 6) is -0.707. The van der Waals surface area contributed by atoms with Crippen LogP contribution in [0.25, 0.3) is 5.76 Å². The van der Waals surface area contributed by atoms with E-state index in [1.54, 1.807) is 54.6 Å². The molecule has 2 heterocycles. The number of para-hydroxylation sites is 1. The lowest BCUT2D eigenvalue weighted by molar-refractivity contribution is -0.132. The highest BCUT2D eigenvalue weighted by Crippen LogP contribution is 2.42. The summed E-state index contributed by atoms with van der Waals surface area (Å²) in [5.41, 5.74) is 2.76. The van der Waals surface area contributed by atoms with Crippen molar-refractivity contribution in [2.45, 2.75) is 19.6 Å². The first-order valence-corrected chi connectivity index (χ1v) is 11.2. The number of benzene rings is 3. The van der Waals surface area contributed by atoms with Gasteiger partial charge < -0.3 is 14.3 Å². The molecule has 0 radical (unpaired) electrons. The predicted octanol–water partition coefficient (Wildman–Crippen LogP) is 5.79. The number of aliphatic hydroxyl groups is 1. The Balaban J connectivity index is 1.52. The van der Waals surface area contributed by atoms with Crippen molar-refractivity contribution in [2.24, 2.45) is 0 Å². The van der Waals surface area contributed by atoms with Crippen LogP contribution in [0.2, 0.25) is 0 Å². The van der Waals surface area contributed by atoms with E-state index in [1.165, 1.54) is 11.2 Å². The predicted molar refractivity (Wildman–Crippen MR) is 132 cm³/mol. The molecule has 3 aromatic carbocycles. The quantitative estimate of drug-likeness (QED) is 0.221. The summed E-state index contributed by atoms with van der Waals surface area (Å²) in [6, 6.07) is 26.3. The standard InChI is InChI=1S/C29H23NO5/c1-19-17-21(14-15-23(19)35-18-20-9-4-2-5-10-20)27(31)25-26(24-13-8-16-34-24)30(29(33)28(25)32)22-11-6-3-7-12-22/h2-17,26,31H,18H2,1H3/b27-25-. The number of carbonyl (C=O) groups is 2. The van der Waals surface area contributed by atoms with Gasteiger partial charge in [0.25, 0.3) is 11.7 Å². The molecule has 0 bridgehead atoms. The molecule has 1 saturated heterocycles. The van der Waals surface area contributed by atoms with E-state index in [2.05, 4.69) is 0 Å². The average molecular weight is 466 g/mol. The third-order valence-corrected chi connectivity index (χ3v) is 5.98. The third-order valence-electron chi connectivity index (χ3n) is 5.98. The van der Waals surface area contributed by atoms with Crippen LogP contribution in [-0.4, -0.2) is 16.8 Å². The second kappa shape index (κ2) is 9.35. The van der Waals surface area contributed by atoms with Gasteiger partial charge in [0, 0.05) is 11.3 Å². The lowest BCUT2D eigenvalue weighted by Gasteiger charge is -2.23. The number of carbonyl (C=O) groups excluding carboxylic acids is 2. The molecule has 0 spiro atoms. The zero-order chi connectivity index (χ0) is 24.4. The van der Waals surface area contributed by atoms with E-state index in [4.69, 9.17) is 9.15 Å². The summed E-state index contributed by atoms with van der Waals surface area (Å²) in [6.07, 6.45) is 1.48. The van der Waals surface area contributed by atoms with E-state index in [0.717, 1.165) is 11.1 Å². The monoisotopic (exact) mass is 465 g/mol. The number of rotatable bonds is 6. The van der Waals surface area contributed by atoms with Gasteiger partial charge in [-0.3, -0.25) is 14.5 Å². The van der Waals surface area contributed by atoms with Gasteiger partial charge in [0.2, 0.25) is 0 Å². The van der Waals surface area contributed by atoms with Crippen molar-refractivity contribution in [2.75, 3.05) is 4.90 Å². The molecule has 1 aliphatic heterocycles. The Bertz CT molecular complexity index is 1390. The van der Waals surface area contributed by atoms with Gasteiger partial charge in [0.15, 0.2) is 0 Å². The van der Waals surface area contributed by atoms with Crippen molar-refractivity contribution in [1.82, 2.24) is 0 Å². The number of aliphatic hydroxyl groups excluding tert-OH is 1. The Morgan fingerprint density at radius 1 is 0.943 bits per heavy atom. The highest BCUT2D eigenvalue weighted by molar-refractivity contribution is 6.51. The lowest BCUT2D eigenvalue weighted by Crippen LogP contribution is -2.29. The number of ether oxygens (including phenoxy) is 1. The maximum Gasteiger partial charge on any atom is 0.300 e. The van der Waals surface area contributed by atoms with Crippen molar-refractivity contribution < 1.29 is 23.8 Å². The van der Waals surface area contributed by atoms with E-state index in [-0.39, 0.29) is 11.3 Å². The number of aryl methyl sites for hydroxylation is 1. The minimum atomic E-state index is -0.887. The second-order valence-corrected chi connectivity index (χ2v) is 8.27. The van der Waals surface area contributed by atoms with Gasteiger partial charge in [0.05, 0.1) is 11.8 Å². The first-order valence-electron chi connectivity index (χ1n) is 11.2. The molecule has 0 saturated carbocycles. The summed E-state index contributed by atoms with van der Waals surface area (Å²) < 4.78 is 11.5.